The maximum Gasteiger partial charge on any atom is 0.335 e. The number of aromatic carboxylic acids is 1. The summed E-state index contributed by atoms with van der Waals surface area (Å²) in [6.07, 6.45) is 1.92. The van der Waals surface area contributed by atoms with Gasteiger partial charge in [-0.15, -0.1) is 0 Å². The number of hydrogen-bond acceptors (Lipinski definition) is 4. The minimum atomic E-state index is -3.38. The fourth-order valence-electron chi connectivity index (χ4n) is 1.34. The fraction of sp³-hybridized carbons (Fsp3) is 0.417. The van der Waals surface area contributed by atoms with Crippen molar-refractivity contribution in [2.24, 2.45) is 0 Å². The molecule has 0 saturated heterocycles. The molecular weight excluding hydrogens is 286 g/mol. The second kappa shape index (κ2) is 6.93. The third kappa shape index (κ3) is 5.63. The highest BCUT2D eigenvalue weighted by Crippen LogP contribution is 2.09. The van der Waals surface area contributed by atoms with Crippen LogP contribution < -0.4 is 4.72 Å². The molecule has 1 rings (SSSR count). The van der Waals surface area contributed by atoms with E-state index in [4.69, 9.17) is 5.11 Å². The summed E-state index contributed by atoms with van der Waals surface area (Å²) in [4.78, 5) is 10.7. The molecule has 0 radical (unpaired) electrons. The Morgan fingerprint density at radius 1 is 1.37 bits per heavy atom. The standard InChI is InChI=1S/C12H17NO4S2/c1-9(18-2)7-13-19(16,17)8-10-3-5-11(6-4-10)12(14)15/h3-6,9,13H,7-8H2,1-2H3,(H,14,15). The monoisotopic (exact) mass is 303 g/mol. The molecule has 0 aliphatic carbocycles. The molecule has 0 saturated carbocycles. The van der Waals surface area contributed by atoms with Gasteiger partial charge in [-0.1, -0.05) is 19.1 Å². The van der Waals surface area contributed by atoms with Crippen LogP contribution in [0.3, 0.4) is 0 Å². The molecule has 19 heavy (non-hydrogen) atoms. The summed E-state index contributed by atoms with van der Waals surface area (Å²) < 4.78 is 26.1. The molecule has 7 heteroatoms. The van der Waals surface area contributed by atoms with E-state index in [9.17, 15) is 13.2 Å². The number of hydrogen-bond donors (Lipinski definition) is 2. The summed E-state index contributed by atoms with van der Waals surface area (Å²) in [6, 6.07) is 5.83. The number of carboxylic acids is 1. The first kappa shape index (κ1) is 16.0. The molecule has 1 atom stereocenters. The van der Waals surface area contributed by atoms with Gasteiger partial charge < -0.3 is 5.11 Å². The molecule has 0 amide bonds. The molecule has 1 unspecified atom stereocenters. The number of benzene rings is 1. The second-order valence-electron chi connectivity index (χ2n) is 4.16. The first-order valence-corrected chi connectivity index (χ1v) is 8.60. The van der Waals surface area contributed by atoms with Crippen LogP contribution in [0, 0.1) is 0 Å². The van der Waals surface area contributed by atoms with Crippen LogP contribution >= 0.6 is 11.8 Å². The zero-order valence-corrected chi connectivity index (χ0v) is 12.4. The molecule has 1 aromatic rings. The Kier molecular flexibility index (Phi) is 5.84. The Morgan fingerprint density at radius 2 is 1.95 bits per heavy atom. The van der Waals surface area contributed by atoms with E-state index in [1.54, 1.807) is 11.8 Å². The molecule has 0 aliphatic heterocycles. The maximum atomic E-state index is 11.8. The minimum absolute atomic E-state index is 0.144. The lowest BCUT2D eigenvalue weighted by molar-refractivity contribution is 0.0697. The number of thioether (sulfide) groups is 1. The molecule has 0 bridgehead atoms. The first-order valence-electron chi connectivity index (χ1n) is 5.66. The van der Waals surface area contributed by atoms with Gasteiger partial charge in [0, 0.05) is 11.8 Å². The predicted octanol–water partition coefficient (Wildman–Crippen LogP) is 1.56. The lowest BCUT2D eigenvalue weighted by Crippen LogP contribution is -2.30. The highest BCUT2D eigenvalue weighted by Gasteiger charge is 2.13. The van der Waals surface area contributed by atoms with Crippen molar-refractivity contribution < 1.29 is 18.3 Å². The van der Waals surface area contributed by atoms with Crippen molar-refractivity contribution in [3.8, 4) is 0 Å². The van der Waals surface area contributed by atoms with Gasteiger partial charge in [0.25, 0.3) is 0 Å². The lowest BCUT2D eigenvalue weighted by Gasteiger charge is -2.10. The summed E-state index contributed by atoms with van der Waals surface area (Å²) in [5.74, 6) is -1.17. The first-order chi connectivity index (χ1) is 8.84. The summed E-state index contributed by atoms with van der Waals surface area (Å²) in [7, 11) is -3.38. The van der Waals surface area contributed by atoms with Crippen LogP contribution in [-0.4, -0.2) is 37.5 Å². The SMILES string of the molecule is CSC(C)CNS(=O)(=O)Cc1ccc(C(=O)O)cc1. The summed E-state index contributed by atoms with van der Waals surface area (Å²) in [6.45, 7) is 2.32. The van der Waals surface area contributed by atoms with Gasteiger partial charge in [0.15, 0.2) is 0 Å². The molecular formula is C12H17NO4S2. The van der Waals surface area contributed by atoms with Crippen LogP contribution in [0.25, 0.3) is 0 Å². The van der Waals surface area contributed by atoms with Gasteiger partial charge >= 0.3 is 5.97 Å². The molecule has 0 heterocycles. The lowest BCUT2D eigenvalue weighted by atomic mass is 10.1. The molecule has 106 valence electrons. The van der Waals surface area contributed by atoms with Crippen LogP contribution in [0.4, 0.5) is 0 Å². The topological polar surface area (TPSA) is 83.5 Å². The van der Waals surface area contributed by atoms with Gasteiger partial charge in [0.2, 0.25) is 10.0 Å². The van der Waals surface area contributed by atoms with Gasteiger partial charge in [-0.05, 0) is 24.0 Å². The van der Waals surface area contributed by atoms with Crippen molar-refractivity contribution in [3.05, 3.63) is 35.4 Å². The van der Waals surface area contributed by atoms with Crippen molar-refractivity contribution in [3.63, 3.8) is 0 Å². The number of nitrogens with one attached hydrogen (secondary N) is 1. The quantitative estimate of drug-likeness (QED) is 0.798. The normalized spacial score (nSPS) is 13.2. The average molecular weight is 303 g/mol. The number of carbonyl (C=O) groups is 1. The van der Waals surface area contributed by atoms with Gasteiger partial charge in [-0.3, -0.25) is 0 Å². The van der Waals surface area contributed by atoms with Gasteiger partial charge in [0.1, 0.15) is 0 Å². The third-order valence-corrected chi connectivity index (χ3v) is 4.84. The van der Waals surface area contributed by atoms with E-state index in [0.717, 1.165) is 0 Å². The van der Waals surface area contributed by atoms with Crippen LogP contribution in [0.5, 0.6) is 0 Å². The third-order valence-electron chi connectivity index (χ3n) is 2.55. The Morgan fingerprint density at radius 3 is 2.42 bits per heavy atom. The molecule has 0 aromatic heterocycles. The number of rotatable bonds is 7. The molecule has 1 aromatic carbocycles. The fourth-order valence-corrected chi connectivity index (χ4v) is 2.93. The van der Waals surface area contributed by atoms with E-state index in [1.807, 2.05) is 13.2 Å². The summed E-state index contributed by atoms with van der Waals surface area (Å²) >= 11 is 1.58. The minimum Gasteiger partial charge on any atom is -0.478 e. The number of carboxylic acid groups (broad SMARTS) is 1. The Balaban J connectivity index is 2.65. The van der Waals surface area contributed by atoms with Crippen LogP contribution in [0.15, 0.2) is 24.3 Å². The van der Waals surface area contributed by atoms with Crippen molar-refractivity contribution >= 4 is 27.8 Å². The summed E-state index contributed by atoms with van der Waals surface area (Å²) in [5, 5.41) is 8.96. The van der Waals surface area contributed by atoms with Crippen LogP contribution in [0.1, 0.15) is 22.8 Å². The van der Waals surface area contributed by atoms with E-state index < -0.39 is 16.0 Å². The molecule has 5 nitrogen and oxygen atoms in total. The molecule has 2 N–H and O–H groups in total. The van der Waals surface area contributed by atoms with Crippen molar-refractivity contribution in [1.29, 1.82) is 0 Å². The van der Waals surface area contributed by atoms with E-state index in [1.165, 1.54) is 24.3 Å². The highest BCUT2D eigenvalue weighted by atomic mass is 32.2. The van der Waals surface area contributed by atoms with Crippen LogP contribution in [-0.2, 0) is 15.8 Å². The zero-order valence-electron chi connectivity index (χ0n) is 10.8. The van der Waals surface area contributed by atoms with E-state index in [2.05, 4.69) is 4.72 Å². The van der Waals surface area contributed by atoms with E-state index in [0.29, 0.717) is 12.1 Å². The van der Waals surface area contributed by atoms with Gasteiger partial charge in [-0.2, -0.15) is 11.8 Å². The Labute approximate surface area is 117 Å². The molecule has 0 aliphatic rings. The summed E-state index contributed by atoms with van der Waals surface area (Å²) in [5.41, 5.74) is 0.708. The second-order valence-corrected chi connectivity index (χ2v) is 7.24. The highest BCUT2D eigenvalue weighted by molar-refractivity contribution is 7.99. The zero-order chi connectivity index (χ0) is 14.5. The van der Waals surface area contributed by atoms with Gasteiger partial charge in [0.05, 0.1) is 11.3 Å². The maximum absolute atomic E-state index is 11.8. The van der Waals surface area contributed by atoms with Crippen LogP contribution in [0.2, 0.25) is 0 Å². The molecule has 0 spiro atoms. The van der Waals surface area contributed by atoms with E-state index in [-0.39, 0.29) is 16.6 Å². The Bertz CT molecular complexity index is 525. The molecule has 0 fully saturated rings. The largest absolute Gasteiger partial charge is 0.478 e. The van der Waals surface area contributed by atoms with Gasteiger partial charge in [-0.25, -0.2) is 17.9 Å². The predicted molar refractivity (Wildman–Crippen MR) is 77.0 cm³/mol. The van der Waals surface area contributed by atoms with E-state index >= 15 is 0 Å². The smallest absolute Gasteiger partial charge is 0.335 e. The van der Waals surface area contributed by atoms with Crippen molar-refractivity contribution in [2.45, 2.75) is 17.9 Å². The number of sulfonamides is 1. The average Bonchev–Trinajstić information content (AvgIpc) is 2.36. The Hall–Kier alpha value is -1.05. The van der Waals surface area contributed by atoms with Crippen molar-refractivity contribution in [2.75, 3.05) is 12.8 Å². The van der Waals surface area contributed by atoms with Crippen molar-refractivity contribution in [1.82, 2.24) is 4.72 Å².